The third-order valence-electron chi connectivity index (χ3n) is 11.2. The normalized spacial score (nSPS) is 11.5. The molecule has 4 heteroatoms. The van der Waals surface area contributed by atoms with Gasteiger partial charge in [0.1, 0.15) is 0 Å². The average molecular weight is 779 g/mol. The Labute approximate surface area is 346 Å². The van der Waals surface area contributed by atoms with E-state index in [1.165, 1.54) is 69.9 Å². The van der Waals surface area contributed by atoms with Gasteiger partial charge in [-0.05, 0) is 101 Å². The molecule has 2 nitrogen and oxygen atoms in total. The van der Waals surface area contributed by atoms with Gasteiger partial charge in [0.05, 0.1) is 11.0 Å². The summed E-state index contributed by atoms with van der Waals surface area (Å²) in [6.07, 6.45) is 0. The topological polar surface area (TPSA) is 8.17 Å². The number of para-hydroxylation sites is 3. The van der Waals surface area contributed by atoms with Crippen molar-refractivity contribution >= 4 is 82.0 Å². The highest BCUT2D eigenvalue weighted by Crippen LogP contribution is 2.48. The van der Waals surface area contributed by atoms with Gasteiger partial charge in [-0.1, -0.05) is 151 Å². The van der Waals surface area contributed by atoms with E-state index in [1.54, 1.807) is 0 Å². The van der Waals surface area contributed by atoms with Crippen LogP contribution in [0.5, 0.6) is 0 Å². The second-order valence-corrected chi connectivity index (χ2v) is 16.2. The second-order valence-electron chi connectivity index (χ2n) is 14.7. The third-order valence-corrected chi connectivity index (χ3v) is 12.6. The fourth-order valence-corrected chi connectivity index (χ4v) is 10.0. The molecule has 2 aromatic heterocycles. The molecule has 0 bridgehead atoms. The lowest BCUT2D eigenvalue weighted by molar-refractivity contribution is 1.19. The van der Waals surface area contributed by atoms with Crippen LogP contribution in [0.1, 0.15) is 0 Å². The Morgan fingerprint density at radius 1 is 0.414 bits per heavy atom. The van der Waals surface area contributed by atoms with E-state index in [4.69, 9.17) is 11.6 Å². The van der Waals surface area contributed by atoms with Gasteiger partial charge in [-0.3, -0.25) is 0 Å². The van der Waals surface area contributed by atoms with Crippen LogP contribution in [-0.4, -0.2) is 4.57 Å². The highest BCUT2D eigenvalue weighted by Gasteiger charge is 2.22. The van der Waals surface area contributed by atoms with E-state index in [0.717, 1.165) is 28.2 Å². The molecule has 0 spiro atoms. The van der Waals surface area contributed by atoms with Gasteiger partial charge in [-0.25, -0.2) is 0 Å². The standard InChI is InChI=1S/C54H35ClN2S/c55-41-32-40(33-45(34-41)56(42-16-6-2-7-17-42)44-30-28-37(29-31-44)36-14-4-1-5-15-36)38-24-26-39(27-25-38)48-35-49-46-20-10-12-22-50(46)57(43-18-8-3-9-19-43)53(49)52-47-21-11-13-23-51(47)58-54(48)52/h1-35H. The molecule has 9 aromatic carbocycles. The van der Waals surface area contributed by atoms with E-state index in [2.05, 4.69) is 222 Å². The molecule has 274 valence electrons. The van der Waals surface area contributed by atoms with Crippen LogP contribution in [0.15, 0.2) is 212 Å². The van der Waals surface area contributed by atoms with Gasteiger partial charge in [0.25, 0.3) is 0 Å². The summed E-state index contributed by atoms with van der Waals surface area (Å²) in [4.78, 5) is 2.28. The fraction of sp³-hybridized carbons (Fsp3) is 0. The van der Waals surface area contributed by atoms with E-state index < -0.39 is 0 Å². The van der Waals surface area contributed by atoms with Crippen molar-refractivity contribution < 1.29 is 0 Å². The number of benzene rings is 9. The molecule has 0 saturated heterocycles. The molecule has 0 amide bonds. The number of hydrogen-bond donors (Lipinski definition) is 0. The summed E-state index contributed by atoms with van der Waals surface area (Å²) in [7, 11) is 0. The molecule has 0 fully saturated rings. The molecule has 2 heterocycles. The highest BCUT2D eigenvalue weighted by atomic mass is 35.5. The van der Waals surface area contributed by atoms with Gasteiger partial charge in [0.2, 0.25) is 0 Å². The van der Waals surface area contributed by atoms with Crippen LogP contribution in [0, 0.1) is 0 Å². The summed E-state index contributed by atoms with van der Waals surface area (Å²) < 4.78 is 5.03. The summed E-state index contributed by atoms with van der Waals surface area (Å²) in [5, 5.41) is 5.78. The maximum Gasteiger partial charge on any atom is 0.0634 e. The minimum absolute atomic E-state index is 0.686. The molecule has 0 unspecified atom stereocenters. The lowest BCUT2D eigenvalue weighted by Crippen LogP contribution is -2.10. The third kappa shape index (κ3) is 5.87. The van der Waals surface area contributed by atoms with Crippen LogP contribution in [0.4, 0.5) is 17.1 Å². The van der Waals surface area contributed by atoms with Crippen molar-refractivity contribution in [3.05, 3.63) is 217 Å². The van der Waals surface area contributed by atoms with Gasteiger partial charge >= 0.3 is 0 Å². The van der Waals surface area contributed by atoms with Gasteiger partial charge in [-0.2, -0.15) is 0 Å². The van der Waals surface area contributed by atoms with Gasteiger partial charge in [0.15, 0.2) is 0 Å². The van der Waals surface area contributed by atoms with Crippen LogP contribution in [0.2, 0.25) is 5.02 Å². The molecule has 11 rings (SSSR count). The second kappa shape index (κ2) is 14.2. The Morgan fingerprint density at radius 3 is 1.74 bits per heavy atom. The Bertz CT molecular complexity index is 3260. The zero-order chi connectivity index (χ0) is 38.6. The molecular formula is C54H35ClN2S. The lowest BCUT2D eigenvalue weighted by Gasteiger charge is -2.26. The first-order chi connectivity index (χ1) is 28.7. The quantitative estimate of drug-likeness (QED) is 0.156. The molecular weight excluding hydrogens is 744 g/mol. The van der Waals surface area contributed by atoms with Crippen molar-refractivity contribution in [2.75, 3.05) is 4.90 Å². The molecule has 58 heavy (non-hydrogen) atoms. The van der Waals surface area contributed by atoms with Crippen molar-refractivity contribution in [2.45, 2.75) is 0 Å². The monoisotopic (exact) mass is 778 g/mol. The maximum atomic E-state index is 6.98. The van der Waals surface area contributed by atoms with Crippen molar-refractivity contribution in [3.63, 3.8) is 0 Å². The molecule has 0 saturated carbocycles. The number of thiophene rings is 1. The predicted octanol–water partition coefficient (Wildman–Crippen LogP) is 16.3. The SMILES string of the molecule is Clc1cc(-c2ccc(-c3cc4c5ccccc5n(-c5ccccc5)c4c4c3sc3ccccc34)cc2)cc(N(c2ccccc2)c2ccc(-c3ccccc3)cc2)c1. The molecule has 0 radical (unpaired) electrons. The number of hydrogen-bond acceptors (Lipinski definition) is 2. The molecule has 11 aromatic rings. The predicted molar refractivity (Wildman–Crippen MR) is 250 cm³/mol. The number of fused-ring (bicyclic) bond motifs is 7. The van der Waals surface area contributed by atoms with Gasteiger partial charge in [0, 0.05) is 64.3 Å². The van der Waals surface area contributed by atoms with Crippen LogP contribution in [-0.2, 0) is 0 Å². The first kappa shape index (κ1) is 34.3. The Kier molecular flexibility index (Phi) is 8.43. The van der Waals surface area contributed by atoms with Crippen molar-refractivity contribution in [1.82, 2.24) is 4.57 Å². The molecule has 0 aliphatic carbocycles. The molecule has 0 N–H and O–H groups in total. The zero-order valence-electron chi connectivity index (χ0n) is 31.4. The summed E-state index contributed by atoms with van der Waals surface area (Å²) in [6, 6.07) is 75.9. The number of rotatable bonds is 7. The smallest absolute Gasteiger partial charge is 0.0634 e. The van der Waals surface area contributed by atoms with E-state index >= 15 is 0 Å². The maximum absolute atomic E-state index is 6.98. The molecule has 0 aliphatic heterocycles. The number of aromatic nitrogens is 1. The Hall–Kier alpha value is -6.91. The summed E-state index contributed by atoms with van der Waals surface area (Å²) in [5.74, 6) is 0. The number of halogens is 1. The zero-order valence-corrected chi connectivity index (χ0v) is 33.0. The van der Waals surface area contributed by atoms with Crippen LogP contribution in [0.3, 0.4) is 0 Å². The van der Waals surface area contributed by atoms with E-state index in [0.29, 0.717) is 5.02 Å². The van der Waals surface area contributed by atoms with Gasteiger partial charge in [-0.15, -0.1) is 11.3 Å². The minimum Gasteiger partial charge on any atom is -0.310 e. The van der Waals surface area contributed by atoms with Crippen molar-refractivity contribution in [1.29, 1.82) is 0 Å². The highest BCUT2D eigenvalue weighted by molar-refractivity contribution is 7.26. The Balaban J connectivity index is 1.04. The average Bonchev–Trinajstić information content (AvgIpc) is 3.83. The van der Waals surface area contributed by atoms with Gasteiger partial charge < -0.3 is 9.47 Å². The minimum atomic E-state index is 0.686. The van der Waals surface area contributed by atoms with E-state index in [9.17, 15) is 0 Å². The lowest BCUT2D eigenvalue weighted by atomic mass is 9.96. The molecule has 0 aliphatic rings. The Morgan fingerprint density at radius 2 is 0.983 bits per heavy atom. The van der Waals surface area contributed by atoms with Crippen molar-refractivity contribution in [3.8, 4) is 39.1 Å². The summed E-state index contributed by atoms with van der Waals surface area (Å²) in [5.41, 5.74) is 13.7. The molecule has 0 atom stereocenters. The fourth-order valence-electron chi connectivity index (χ4n) is 8.57. The summed E-state index contributed by atoms with van der Waals surface area (Å²) in [6.45, 7) is 0. The summed E-state index contributed by atoms with van der Waals surface area (Å²) >= 11 is 8.86. The van der Waals surface area contributed by atoms with Crippen LogP contribution >= 0.6 is 22.9 Å². The van der Waals surface area contributed by atoms with Crippen LogP contribution < -0.4 is 4.90 Å². The largest absolute Gasteiger partial charge is 0.310 e. The number of nitrogens with zero attached hydrogens (tertiary/aromatic N) is 2. The number of anilines is 3. The van der Waals surface area contributed by atoms with Crippen LogP contribution in [0.25, 0.3) is 81.0 Å². The van der Waals surface area contributed by atoms with Crippen molar-refractivity contribution in [2.24, 2.45) is 0 Å². The first-order valence-electron chi connectivity index (χ1n) is 19.5. The first-order valence-corrected chi connectivity index (χ1v) is 20.7. The van der Waals surface area contributed by atoms with E-state index in [-0.39, 0.29) is 0 Å². The van der Waals surface area contributed by atoms with E-state index in [1.807, 2.05) is 11.3 Å².